The largest absolute Gasteiger partial charge is 0.416 e. The summed E-state index contributed by atoms with van der Waals surface area (Å²) in [6.45, 7) is 2.02. The number of pyridine rings is 1. The van der Waals surface area contributed by atoms with E-state index < -0.39 is 23.6 Å². The maximum atomic E-state index is 13.2. The number of rotatable bonds is 3. The average molecular weight is 464 g/mol. The molecule has 168 valence electrons. The third kappa shape index (κ3) is 4.13. The van der Waals surface area contributed by atoms with Crippen molar-refractivity contribution in [1.29, 1.82) is 0 Å². The van der Waals surface area contributed by atoms with E-state index in [1.807, 2.05) is 6.92 Å². The van der Waals surface area contributed by atoms with Crippen molar-refractivity contribution in [2.75, 3.05) is 22.5 Å². The first-order valence-electron chi connectivity index (χ1n) is 9.25. The zero-order valence-corrected chi connectivity index (χ0v) is 17.7. The molecule has 0 bridgehead atoms. The number of benzene rings is 1. The first-order valence-corrected chi connectivity index (χ1v) is 9.25. The normalized spacial score (nSPS) is 15.7. The summed E-state index contributed by atoms with van der Waals surface area (Å²) in [6, 6.07) is 7.11. The molecule has 3 N–H and O–H groups in total. The lowest BCUT2D eigenvalue weighted by Gasteiger charge is -2.32. The van der Waals surface area contributed by atoms with Gasteiger partial charge in [0.25, 0.3) is 11.8 Å². The Bertz CT molecular complexity index is 1160. The first kappa shape index (κ1) is 23.1. The number of nitrogens with one attached hydrogen (secondary N) is 1. The Balaban J connectivity index is 0.00000289. The summed E-state index contributed by atoms with van der Waals surface area (Å²) in [5.74, 6) is -1.02. The van der Waals surface area contributed by atoms with Crippen LogP contribution in [0.4, 0.5) is 30.4 Å². The zero-order valence-electron chi connectivity index (χ0n) is 16.7. The smallest absolute Gasteiger partial charge is 0.383 e. The Hall–Kier alpha value is -3.54. The van der Waals surface area contributed by atoms with Gasteiger partial charge >= 0.3 is 6.18 Å². The number of anilines is 3. The van der Waals surface area contributed by atoms with Gasteiger partial charge in [0.2, 0.25) is 0 Å². The minimum absolute atomic E-state index is 0. The van der Waals surface area contributed by atoms with Crippen molar-refractivity contribution in [3.63, 3.8) is 0 Å². The molecule has 1 aromatic carbocycles. The van der Waals surface area contributed by atoms with Crippen LogP contribution < -0.4 is 16.0 Å². The summed E-state index contributed by atoms with van der Waals surface area (Å²) >= 11 is 0. The molecule has 0 unspecified atom stereocenters. The van der Waals surface area contributed by atoms with Gasteiger partial charge in [0.15, 0.2) is 5.69 Å². The molecule has 0 spiro atoms. The van der Waals surface area contributed by atoms with Crippen molar-refractivity contribution in [2.45, 2.75) is 19.1 Å². The van der Waals surface area contributed by atoms with E-state index in [1.165, 1.54) is 40.2 Å². The van der Waals surface area contributed by atoms with Crippen LogP contribution in [0.2, 0.25) is 0 Å². The summed E-state index contributed by atoms with van der Waals surface area (Å²) < 4.78 is 40.0. The molecular weight excluding hydrogens is 445 g/mol. The predicted octanol–water partition coefficient (Wildman–Crippen LogP) is 3.47. The second kappa shape index (κ2) is 8.54. The van der Waals surface area contributed by atoms with E-state index >= 15 is 0 Å². The van der Waals surface area contributed by atoms with E-state index in [0.29, 0.717) is 5.69 Å². The van der Waals surface area contributed by atoms with Crippen LogP contribution in [0.15, 0.2) is 48.8 Å². The molecule has 1 aliphatic rings. The minimum Gasteiger partial charge on any atom is -0.383 e. The van der Waals surface area contributed by atoms with E-state index in [2.05, 4.69) is 15.4 Å². The fourth-order valence-electron chi connectivity index (χ4n) is 3.41. The summed E-state index contributed by atoms with van der Waals surface area (Å²) in [7, 11) is 0. The average Bonchev–Trinajstić information content (AvgIpc) is 3.15. The van der Waals surface area contributed by atoms with Crippen LogP contribution in [0, 0.1) is 0 Å². The van der Waals surface area contributed by atoms with Crippen molar-refractivity contribution < 1.29 is 22.8 Å². The number of alkyl halides is 3. The molecule has 0 aliphatic carbocycles. The number of carbonyl (C=O) groups excluding carboxylic acids is 2. The first-order chi connectivity index (χ1) is 14.7. The van der Waals surface area contributed by atoms with E-state index in [1.54, 1.807) is 6.07 Å². The molecule has 0 saturated heterocycles. The summed E-state index contributed by atoms with van der Waals surface area (Å²) in [5, 5.41) is 6.81. The lowest BCUT2D eigenvalue weighted by atomic mass is 10.1. The fourth-order valence-corrected chi connectivity index (χ4v) is 3.41. The van der Waals surface area contributed by atoms with Gasteiger partial charge in [-0.25, -0.2) is 4.98 Å². The van der Waals surface area contributed by atoms with Gasteiger partial charge in [0.1, 0.15) is 5.82 Å². The maximum absolute atomic E-state index is 13.2. The number of amides is 2. The maximum Gasteiger partial charge on any atom is 0.416 e. The van der Waals surface area contributed by atoms with Gasteiger partial charge in [-0.15, -0.1) is 0 Å². The Kier molecular flexibility index (Phi) is 6.17. The molecule has 1 atom stereocenters. The number of nitrogen functional groups attached to an aromatic ring is 1. The van der Waals surface area contributed by atoms with Gasteiger partial charge < -0.3 is 16.0 Å². The molecular formula is C20H19F3N6O2S. The fraction of sp³-hybridized carbons (Fsp3) is 0.200. The Morgan fingerprint density at radius 3 is 2.53 bits per heavy atom. The molecule has 8 nitrogen and oxygen atoms in total. The third-order valence-electron chi connectivity index (χ3n) is 4.95. The number of fused-ring (bicyclic) bond motifs is 1. The second-order valence-electron chi connectivity index (χ2n) is 7.05. The van der Waals surface area contributed by atoms with Crippen molar-refractivity contribution >= 4 is 42.5 Å². The molecule has 32 heavy (non-hydrogen) atoms. The van der Waals surface area contributed by atoms with E-state index in [4.69, 9.17) is 5.73 Å². The van der Waals surface area contributed by atoms with Crippen LogP contribution in [-0.4, -0.2) is 33.1 Å². The van der Waals surface area contributed by atoms with Crippen LogP contribution in [-0.2, 0) is 6.18 Å². The van der Waals surface area contributed by atoms with Crippen LogP contribution in [0.25, 0.3) is 0 Å². The van der Waals surface area contributed by atoms with Crippen LogP contribution in [0.3, 0.4) is 0 Å². The highest BCUT2D eigenvalue weighted by molar-refractivity contribution is 7.59. The number of hydrogen-bond acceptors (Lipinski definition) is 5. The lowest BCUT2D eigenvalue weighted by molar-refractivity contribution is -0.137. The molecule has 12 heteroatoms. The highest BCUT2D eigenvalue weighted by Crippen LogP contribution is 2.33. The predicted molar refractivity (Wildman–Crippen MR) is 117 cm³/mol. The second-order valence-corrected chi connectivity index (χ2v) is 7.05. The molecule has 3 heterocycles. The van der Waals surface area contributed by atoms with Gasteiger partial charge in [0, 0.05) is 18.4 Å². The van der Waals surface area contributed by atoms with Gasteiger partial charge in [-0.1, -0.05) is 0 Å². The van der Waals surface area contributed by atoms with E-state index in [0.717, 1.165) is 12.1 Å². The number of aromatic nitrogens is 3. The third-order valence-corrected chi connectivity index (χ3v) is 4.95. The highest BCUT2D eigenvalue weighted by atomic mass is 32.1. The van der Waals surface area contributed by atoms with Crippen molar-refractivity contribution in [3.05, 3.63) is 65.6 Å². The van der Waals surface area contributed by atoms with Crippen molar-refractivity contribution in [2.24, 2.45) is 0 Å². The van der Waals surface area contributed by atoms with Crippen LogP contribution >= 0.6 is 13.5 Å². The summed E-state index contributed by atoms with van der Waals surface area (Å²) in [5.41, 5.74) is 5.66. The standard InChI is InChI=1S/C20H17F3N6O2.H2S/c1-11-10-28(13-6-4-12(5-7-13)20(21,22)23)19(31)16-15(9-26-29(11)16)27-18(30)14-3-2-8-25-17(14)24;/h2-9,11H,10H2,1H3,(H2,24,25)(H,27,30);1H2/t11-;/m0./s1. The Morgan fingerprint density at radius 2 is 1.91 bits per heavy atom. The van der Waals surface area contributed by atoms with E-state index in [9.17, 15) is 22.8 Å². The quantitative estimate of drug-likeness (QED) is 0.618. The monoisotopic (exact) mass is 464 g/mol. The van der Waals surface area contributed by atoms with Gasteiger partial charge in [0.05, 0.1) is 29.1 Å². The molecule has 0 fully saturated rings. The molecule has 0 saturated carbocycles. The molecule has 2 aromatic heterocycles. The highest BCUT2D eigenvalue weighted by Gasteiger charge is 2.35. The summed E-state index contributed by atoms with van der Waals surface area (Å²) in [4.78, 5) is 31.0. The Labute approximate surface area is 187 Å². The number of halogens is 3. The van der Waals surface area contributed by atoms with Crippen molar-refractivity contribution in [3.8, 4) is 0 Å². The number of nitrogens with two attached hydrogens (primary N) is 1. The molecule has 2 amide bonds. The van der Waals surface area contributed by atoms with Crippen molar-refractivity contribution in [1.82, 2.24) is 14.8 Å². The van der Waals surface area contributed by atoms with E-state index in [-0.39, 0.29) is 48.8 Å². The Morgan fingerprint density at radius 1 is 1.22 bits per heavy atom. The molecule has 3 aromatic rings. The van der Waals surface area contributed by atoms with Gasteiger partial charge in [-0.05, 0) is 43.3 Å². The number of carbonyl (C=O) groups is 2. The summed E-state index contributed by atoms with van der Waals surface area (Å²) in [6.07, 6.45) is -1.67. The topological polar surface area (TPSA) is 106 Å². The van der Waals surface area contributed by atoms with Gasteiger partial charge in [-0.3, -0.25) is 14.3 Å². The SMILES string of the molecule is C[C@H]1CN(c2ccc(C(F)(F)F)cc2)C(=O)c2c(NC(=O)c3cccnc3N)cnn21.S. The minimum atomic E-state index is -4.47. The molecule has 1 aliphatic heterocycles. The van der Waals surface area contributed by atoms with Crippen LogP contribution in [0.1, 0.15) is 39.4 Å². The van der Waals surface area contributed by atoms with Crippen LogP contribution in [0.5, 0.6) is 0 Å². The molecule has 0 radical (unpaired) electrons. The number of hydrogen-bond donors (Lipinski definition) is 2. The number of nitrogens with zero attached hydrogens (tertiary/aromatic N) is 4. The van der Waals surface area contributed by atoms with Gasteiger partial charge in [-0.2, -0.15) is 31.8 Å². The lowest BCUT2D eigenvalue weighted by Crippen LogP contribution is -2.43. The zero-order chi connectivity index (χ0) is 22.3. The molecule has 4 rings (SSSR count).